The van der Waals surface area contributed by atoms with Gasteiger partial charge in [0.2, 0.25) is 5.91 Å². The second-order valence-corrected chi connectivity index (χ2v) is 8.87. The molecule has 0 aliphatic carbocycles. The number of nitrogens with one attached hydrogen (secondary N) is 1. The summed E-state index contributed by atoms with van der Waals surface area (Å²) < 4.78 is 17.2. The molecule has 0 spiro atoms. The van der Waals surface area contributed by atoms with Crippen LogP contribution in [0.25, 0.3) is 11.2 Å². The van der Waals surface area contributed by atoms with Crippen LogP contribution in [0, 0.1) is 17.7 Å². The van der Waals surface area contributed by atoms with E-state index in [2.05, 4.69) is 10.3 Å². The van der Waals surface area contributed by atoms with Crippen LogP contribution in [0.5, 0.6) is 0 Å². The van der Waals surface area contributed by atoms with Crippen molar-refractivity contribution in [2.75, 3.05) is 6.54 Å². The lowest BCUT2D eigenvalue weighted by atomic mass is 10.1. The quantitative estimate of drug-likeness (QED) is 0.549. The molecule has 2 heterocycles. The van der Waals surface area contributed by atoms with Crippen molar-refractivity contribution < 1.29 is 9.18 Å². The molecule has 0 unspecified atom stereocenters. The highest BCUT2D eigenvalue weighted by molar-refractivity contribution is 5.76. The van der Waals surface area contributed by atoms with Crippen LogP contribution in [-0.4, -0.2) is 31.1 Å². The summed E-state index contributed by atoms with van der Waals surface area (Å²) in [6.07, 6.45) is 2.09. The fraction of sp³-hybridized carbons (Fsp3) is 0.478. The first kappa shape index (κ1) is 23.4. The lowest BCUT2D eigenvalue weighted by Gasteiger charge is -2.14. The van der Waals surface area contributed by atoms with Crippen molar-refractivity contribution in [1.82, 2.24) is 24.0 Å². The number of halogens is 1. The number of nitrogens with zero attached hydrogens (tertiary/aromatic N) is 4. The lowest BCUT2D eigenvalue weighted by molar-refractivity contribution is -0.121. The summed E-state index contributed by atoms with van der Waals surface area (Å²) in [5, 5.41) is 2.73. The van der Waals surface area contributed by atoms with E-state index in [1.165, 1.54) is 16.7 Å². The van der Waals surface area contributed by atoms with E-state index in [4.69, 9.17) is 0 Å². The number of benzene rings is 1. The van der Waals surface area contributed by atoms with Crippen LogP contribution < -0.4 is 16.6 Å². The van der Waals surface area contributed by atoms with Gasteiger partial charge < -0.3 is 9.88 Å². The second-order valence-electron chi connectivity index (χ2n) is 8.87. The smallest absolute Gasteiger partial charge is 0.333 e. The Kier molecular flexibility index (Phi) is 7.27. The van der Waals surface area contributed by atoms with Gasteiger partial charge in [-0.3, -0.25) is 14.2 Å². The zero-order chi connectivity index (χ0) is 23.4. The van der Waals surface area contributed by atoms with Crippen LogP contribution in [0.15, 0.2) is 40.2 Å². The monoisotopic (exact) mass is 443 g/mol. The van der Waals surface area contributed by atoms with Gasteiger partial charge in [-0.05, 0) is 36.0 Å². The van der Waals surface area contributed by atoms with Crippen molar-refractivity contribution in [3.63, 3.8) is 0 Å². The molecule has 1 aromatic carbocycles. The van der Waals surface area contributed by atoms with E-state index >= 15 is 0 Å². The lowest BCUT2D eigenvalue weighted by Crippen LogP contribution is -2.45. The maximum Gasteiger partial charge on any atom is 0.333 e. The minimum Gasteiger partial charge on any atom is -0.354 e. The van der Waals surface area contributed by atoms with Gasteiger partial charge in [-0.1, -0.05) is 39.8 Å². The molecule has 0 saturated carbocycles. The highest BCUT2D eigenvalue weighted by atomic mass is 19.1. The fourth-order valence-electron chi connectivity index (χ4n) is 3.64. The summed E-state index contributed by atoms with van der Waals surface area (Å²) in [4.78, 5) is 43.2. The van der Waals surface area contributed by atoms with E-state index < -0.39 is 17.2 Å². The number of fused-ring (bicyclic) bond motifs is 1. The number of carbonyl (C=O) groups is 1. The number of rotatable bonds is 9. The molecule has 1 amide bonds. The Morgan fingerprint density at radius 1 is 1.03 bits per heavy atom. The molecule has 0 saturated heterocycles. The van der Waals surface area contributed by atoms with E-state index in [1.54, 1.807) is 23.0 Å². The molecule has 172 valence electrons. The van der Waals surface area contributed by atoms with Crippen molar-refractivity contribution in [2.24, 2.45) is 11.8 Å². The van der Waals surface area contributed by atoms with E-state index in [9.17, 15) is 18.8 Å². The van der Waals surface area contributed by atoms with Crippen molar-refractivity contribution in [1.29, 1.82) is 0 Å². The van der Waals surface area contributed by atoms with Gasteiger partial charge in [0.15, 0.2) is 11.2 Å². The summed E-state index contributed by atoms with van der Waals surface area (Å²) in [6, 6.07) is 6.04. The Morgan fingerprint density at radius 2 is 1.69 bits per heavy atom. The summed E-state index contributed by atoms with van der Waals surface area (Å²) >= 11 is 0. The van der Waals surface area contributed by atoms with Gasteiger partial charge in [0.05, 0.1) is 6.33 Å². The maximum absolute atomic E-state index is 13.2. The molecule has 3 aromatic rings. The molecule has 0 aliphatic heterocycles. The number of imidazole rings is 1. The molecule has 32 heavy (non-hydrogen) atoms. The molecule has 2 aromatic heterocycles. The predicted molar refractivity (Wildman–Crippen MR) is 121 cm³/mol. The van der Waals surface area contributed by atoms with E-state index in [0.717, 1.165) is 10.1 Å². The Morgan fingerprint density at radius 3 is 2.31 bits per heavy atom. The Balaban J connectivity index is 1.87. The minimum atomic E-state index is -0.542. The standard InChI is InChI=1S/C23H30FN5O3/c1-15(2)11-27-14-26-21-20(27)22(31)29(23(32)28(21)12-16(3)4)13-19(30)25-10-9-17-5-7-18(24)8-6-17/h5-8,14-16H,9-13H2,1-4H3,(H,25,30). The normalized spacial score (nSPS) is 11.6. The average Bonchev–Trinajstić information content (AvgIpc) is 3.12. The number of amides is 1. The third-order valence-electron chi connectivity index (χ3n) is 5.04. The number of aromatic nitrogens is 4. The molecule has 0 aliphatic rings. The molecule has 0 radical (unpaired) electrons. The topological polar surface area (TPSA) is 90.9 Å². The Hall–Kier alpha value is -3.23. The molecular formula is C23H30FN5O3. The molecule has 8 nitrogen and oxygen atoms in total. The van der Waals surface area contributed by atoms with Gasteiger partial charge in [-0.25, -0.2) is 18.7 Å². The first-order valence-electron chi connectivity index (χ1n) is 10.9. The summed E-state index contributed by atoms with van der Waals surface area (Å²) in [5.41, 5.74) is 0.499. The fourth-order valence-corrected chi connectivity index (χ4v) is 3.64. The predicted octanol–water partition coefficient (Wildman–Crippen LogP) is 2.17. The highest BCUT2D eigenvalue weighted by Crippen LogP contribution is 2.11. The number of hydrogen-bond acceptors (Lipinski definition) is 4. The Bertz CT molecular complexity index is 1210. The van der Waals surface area contributed by atoms with E-state index in [0.29, 0.717) is 37.2 Å². The van der Waals surface area contributed by atoms with Gasteiger partial charge in [-0.15, -0.1) is 0 Å². The summed E-state index contributed by atoms with van der Waals surface area (Å²) in [7, 11) is 0. The highest BCUT2D eigenvalue weighted by Gasteiger charge is 2.20. The van der Waals surface area contributed by atoms with Crippen molar-refractivity contribution in [3.05, 3.63) is 62.8 Å². The van der Waals surface area contributed by atoms with Crippen LogP contribution in [-0.2, 0) is 30.8 Å². The first-order valence-corrected chi connectivity index (χ1v) is 10.9. The molecule has 9 heteroatoms. The van der Waals surface area contributed by atoms with Gasteiger partial charge in [-0.2, -0.15) is 0 Å². The summed E-state index contributed by atoms with van der Waals surface area (Å²) in [6.45, 7) is 8.92. The first-order chi connectivity index (χ1) is 15.2. The van der Waals surface area contributed by atoms with E-state index in [1.807, 2.05) is 27.7 Å². The Labute approximate surface area is 185 Å². The summed E-state index contributed by atoms with van der Waals surface area (Å²) in [5.74, 6) is -0.319. The van der Waals surface area contributed by atoms with Crippen LogP contribution in [0.3, 0.4) is 0 Å². The van der Waals surface area contributed by atoms with Gasteiger partial charge in [0.25, 0.3) is 5.56 Å². The van der Waals surface area contributed by atoms with Crippen molar-refractivity contribution in [3.8, 4) is 0 Å². The molecule has 0 atom stereocenters. The minimum absolute atomic E-state index is 0.154. The van der Waals surface area contributed by atoms with Crippen molar-refractivity contribution >= 4 is 17.1 Å². The second kappa shape index (κ2) is 9.93. The SMILES string of the molecule is CC(C)Cn1cnc2c1c(=O)n(CC(=O)NCCc1ccc(F)cc1)c(=O)n2CC(C)C. The van der Waals surface area contributed by atoms with Gasteiger partial charge in [0, 0.05) is 19.6 Å². The third-order valence-corrected chi connectivity index (χ3v) is 5.04. The van der Waals surface area contributed by atoms with Crippen LogP contribution in [0.1, 0.15) is 33.3 Å². The van der Waals surface area contributed by atoms with Crippen LogP contribution in [0.2, 0.25) is 0 Å². The van der Waals surface area contributed by atoms with Gasteiger partial charge in [0.1, 0.15) is 12.4 Å². The zero-order valence-electron chi connectivity index (χ0n) is 19.0. The van der Waals surface area contributed by atoms with E-state index in [-0.39, 0.29) is 24.2 Å². The van der Waals surface area contributed by atoms with Crippen LogP contribution >= 0.6 is 0 Å². The van der Waals surface area contributed by atoms with Crippen LogP contribution in [0.4, 0.5) is 4.39 Å². The maximum atomic E-state index is 13.2. The molecule has 3 rings (SSSR count). The molecule has 0 bridgehead atoms. The molecule has 1 N–H and O–H groups in total. The largest absolute Gasteiger partial charge is 0.354 e. The number of carbonyl (C=O) groups excluding carboxylic acids is 1. The third kappa shape index (κ3) is 5.33. The van der Waals surface area contributed by atoms with Gasteiger partial charge >= 0.3 is 5.69 Å². The average molecular weight is 444 g/mol. The molecule has 0 fully saturated rings. The number of hydrogen-bond donors (Lipinski definition) is 1. The molecular weight excluding hydrogens is 413 g/mol. The van der Waals surface area contributed by atoms with Crippen molar-refractivity contribution in [2.45, 2.75) is 53.8 Å². The zero-order valence-corrected chi connectivity index (χ0v) is 19.0.